The van der Waals surface area contributed by atoms with E-state index in [1.165, 1.54) is 24.7 Å². The number of ether oxygens (including phenoxy) is 1. The molecule has 1 aliphatic rings. The van der Waals surface area contributed by atoms with Crippen molar-refractivity contribution in [3.63, 3.8) is 0 Å². The lowest BCUT2D eigenvalue weighted by Crippen LogP contribution is -2.33. The van der Waals surface area contributed by atoms with Crippen LogP contribution in [0.2, 0.25) is 0 Å². The van der Waals surface area contributed by atoms with Gasteiger partial charge in [0, 0.05) is 4.88 Å². The molecule has 2 aromatic rings. The first-order valence-electron chi connectivity index (χ1n) is 7.93. The van der Waals surface area contributed by atoms with Gasteiger partial charge in [0.25, 0.3) is 0 Å². The normalized spacial score (nSPS) is 13.2. The van der Waals surface area contributed by atoms with E-state index < -0.39 is 17.8 Å². The van der Waals surface area contributed by atoms with Gasteiger partial charge in [-0.05, 0) is 43.9 Å². The molecule has 1 aliphatic carbocycles. The van der Waals surface area contributed by atoms with Crippen LogP contribution in [0.3, 0.4) is 0 Å². The van der Waals surface area contributed by atoms with Crippen molar-refractivity contribution < 1.29 is 23.5 Å². The third-order valence-electron chi connectivity index (χ3n) is 3.95. The Kier molecular flexibility index (Phi) is 5.17. The Morgan fingerprint density at radius 2 is 2.08 bits per heavy atom. The number of hydrogen-bond acceptors (Lipinski definition) is 7. The molecule has 0 bridgehead atoms. The molecule has 2 heterocycles. The van der Waals surface area contributed by atoms with Crippen LogP contribution in [0.1, 0.15) is 39.9 Å². The van der Waals surface area contributed by atoms with Gasteiger partial charge in [0.2, 0.25) is 0 Å². The zero-order valence-electron chi connectivity index (χ0n) is 14.3. The molecule has 0 fully saturated rings. The molecule has 0 aliphatic heterocycles. The maximum absolute atomic E-state index is 12.1. The Hall–Kier alpha value is -2.94. The standard InChI is InChI=1S/C17H17N3O5S/c1-9(11-6-4-8-25-11)19-20-15(22)14(21)18-16-13(17(23)24-2)10-5-3-7-12(10)26-16/h4,6,8H,3,5,7H2,1-2H3,(H,18,21)(H,20,22)/b19-9+. The fourth-order valence-electron chi connectivity index (χ4n) is 2.70. The van der Waals surface area contributed by atoms with E-state index in [0.29, 0.717) is 22.0 Å². The van der Waals surface area contributed by atoms with Crippen molar-refractivity contribution in [2.24, 2.45) is 5.10 Å². The van der Waals surface area contributed by atoms with E-state index in [2.05, 4.69) is 15.8 Å². The number of thiophene rings is 1. The number of nitrogens with zero attached hydrogens (tertiary/aromatic N) is 1. The lowest BCUT2D eigenvalue weighted by molar-refractivity contribution is -0.136. The van der Waals surface area contributed by atoms with Gasteiger partial charge in [-0.3, -0.25) is 9.59 Å². The lowest BCUT2D eigenvalue weighted by atomic mass is 10.1. The Morgan fingerprint density at radius 1 is 1.27 bits per heavy atom. The summed E-state index contributed by atoms with van der Waals surface area (Å²) in [6.45, 7) is 1.64. The van der Waals surface area contributed by atoms with Crippen LogP contribution in [0.4, 0.5) is 5.00 Å². The summed E-state index contributed by atoms with van der Waals surface area (Å²) >= 11 is 1.30. The molecule has 0 radical (unpaired) electrons. The number of anilines is 1. The summed E-state index contributed by atoms with van der Waals surface area (Å²) in [6.07, 6.45) is 4.04. The van der Waals surface area contributed by atoms with E-state index in [0.717, 1.165) is 29.7 Å². The number of amides is 2. The largest absolute Gasteiger partial charge is 0.465 e. The van der Waals surface area contributed by atoms with Crippen LogP contribution in [-0.2, 0) is 27.2 Å². The van der Waals surface area contributed by atoms with Crippen molar-refractivity contribution in [2.75, 3.05) is 12.4 Å². The summed E-state index contributed by atoms with van der Waals surface area (Å²) in [5.41, 5.74) is 3.81. The number of furan rings is 1. The molecule has 8 nitrogen and oxygen atoms in total. The summed E-state index contributed by atoms with van der Waals surface area (Å²) < 4.78 is 9.95. The molecular formula is C17H17N3O5S. The number of aryl methyl sites for hydroxylation is 1. The number of hydrazone groups is 1. The lowest BCUT2D eigenvalue weighted by Gasteiger charge is -2.06. The number of fused-ring (bicyclic) bond motifs is 1. The van der Waals surface area contributed by atoms with E-state index >= 15 is 0 Å². The van der Waals surface area contributed by atoms with Crippen LogP contribution in [0.25, 0.3) is 0 Å². The molecule has 2 N–H and O–H groups in total. The first kappa shape index (κ1) is 17.9. The minimum Gasteiger partial charge on any atom is -0.465 e. The maximum Gasteiger partial charge on any atom is 0.341 e. The minimum absolute atomic E-state index is 0.327. The molecule has 9 heteroatoms. The Labute approximate surface area is 153 Å². The number of carbonyl (C=O) groups excluding carboxylic acids is 3. The van der Waals surface area contributed by atoms with Crippen molar-refractivity contribution in [3.05, 3.63) is 40.2 Å². The smallest absolute Gasteiger partial charge is 0.341 e. The SMILES string of the molecule is COC(=O)c1c(NC(=O)C(=O)N/N=C(\C)c2ccco2)sc2c1CCC2. The predicted octanol–water partition coefficient (Wildman–Crippen LogP) is 2.10. The number of rotatable bonds is 4. The highest BCUT2D eigenvalue weighted by Gasteiger charge is 2.29. The molecule has 0 spiro atoms. The molecule has 136 valence electrons. The van der Waals surface area contributed by atoms with Crippen LogP contribution in [0.15, 0.2) is 27.9 Å². The monoisotopic (exact) mass is 375 g/mol. The van der Waals surface area contributed by atoms with E-state index in [9.17, 15) is 14.4 Å². The van der Waals surface area contributed by atoms with Gasteiger partial charge in [-0.15, -0.1) is 11.3 Å². The summed E-state index contributed by atoms with van der Waals surface area (Å²) in [7, 11) is 1.28. The van der Waals surface area contributed by atoms with Crippen molar-refractivity contribution in [1.82, 2.24) is 5.43 Å². The molecule has 2 amide bonds. The van der Waals surface area contributed by atoms with Gasteiger partial charge in [0.05, 0.1) is 18.9 Å². The van der Waals surface area contributed by atoms with Crippen LogP contribution >= 0.6 is 11.3 Å². The summed E-state index contributed by atoms with van der Waals surface area (Å²) in [5, 5.41) is 6.64. The van der Waals surface area contributed by atoms with Gasteiger partial charge in [-0.25, -0.2) is 10.2 Å². The number of nitrogens with one attached hydrogen (secondary N) is 2. The highest BCUT2D eigenvalue weighted by molar-refractivity contribution is 7.17. The maximum atomic E-state index is 12.1. The number of carbonyl (C=O) groups is 3. The van der Waals surface area contributed by atoms with Crippen LogP contribution in [0.5, 0.6) is 0 Å². The van der Waals surface area contributed by atoms with Gasteiger partial charge < -0.3 is 14.5 Å². The number of esters is 1. The van der Waals surface area contributed by atoms with Gasteiger partial charge in [0.1, 0.15) is 16.5 Å². The van der Waals surface area contributed by atoms with Gasteiger partial charge in [-0.1, -0.05) is 0 Å². The fraction of sp³-hybridized carbons (Fsp3) is 0.294. The Bertz CT molecular complexity index is 883. The molecule has 2 aromatic heterocycles. The fourth-order valence-corrected chi connectivity index (χ4v) is 3.97. The molecule has 0 aromatic carbocycles. The quantitative estimate of drug-likeness (QED) is 0.368. The second kappa shape index (κ2) is 7.52. The highest BCUT2D eigenvalue weighted by atomic mass is 32.1. The zero-order chi connectivity index (χ0) is 18.7. The molecule has 0 unspecified atom stereocenters. The highest BCUT2D eigenvalue weighted by Crippen LogP contribution is 2.39. The van der Waals surface area contributed by atoms with Crippen LogP contribution in [-0.4, -0.2) is 30.6 Å². The van der Waals surface area contributed by atoms with Crippen LogP contribution < -0.4 is 10.7 Å². The average Bonchev–Trinajstić information content (AvgIpc) is 3.35. The number of methoxy groups -OCH3 is 1. The molecule has 0 atom stereocenters. The van der Waals surface area contributed by atoms with Crippen molar-refractivity contribution >= 4 is 39.8 Å². The van der Waals surface area contributed by atoms with Crippen molar-refractivity contribution in [3.8, 4) is 0 Å². The third-order valence-corrected chi connectivity index (χ3v) is 5.15. The topological polar surface area (TPSA) is 110 Å². The average molecular weight is 375 g/mol. The first-order chi connectivity index (χ1) is 12.5. The molecule has 0 saturated heterocycles. The molecular weight excluding hydrogens is 358 g/mol. The number of hydrogen-bond donors (Lipinski definition) is 2. The second-order valence-corrected chi connectivity index (χ2v) is 6.73. The van der Waals surface area contributed by atoms with E-state index in [-0.39, 0.29) is 0 Å². The van der Waals surface area contributed by atoms with E-state index in [4.69, 9.17) is 9.15 Å². The van der Waals surface area contributed by atoms with E-state index in [1.54, 1.807) is 19.1 Å². The third kappa shape index (κ3) is 3.52. The molecule has 3 rings (SSSR count). The Balaban J connectivity index is 1.71. The molecule has 0 saturated carbocycles. The van der Waals surface area contributed by atoms with Gasteiger partial charge in [0.15, 0.2) is 0 Å². The van der Waals surface area contributed by atoms with Crippen molar-refractivity contribution in [2.45, 2.75) is 26.2 Å². The van der Waals surface area contributed by atoms with Gasteiger partial charge >= 0.3 is 17.8 Å². The van der Waals surface area contributed by atoms with Crippen molar-refractivity contribution in [1.29, 1.82) is 0 Å². The Morgan fingerprint density at radius 3 is 2.77 bits per heavy atom. The summed E-state index contributed by atoms with van der Waals surface area (Å²) in [6, 6.07) is 3.37. The second-order valence-electron chi connectivity index (χ2n) is 5.62. The zero-order valence-corrected chi connectivity index (χ0v) is 15.1. The minimum atomic E-state index is -0.944. The van der Waals surface area contributed by atoms with Crippen LogP contribution in [0, 0.1) is 0 Å². The van der Waals surface area contributed by atoms with E-state index in [1.807, 2.05) is 0 Å². The first-order valence-corrected chi connectivity index (χ1v) is 8.75. The molecule has 26 heavy (non-hydrogen) atoms. The summed E-state index contributed by atoms with van der Waals surface area (Å²) in [5.74, 6) is -1.90. The predicted molar refractivity (Wildman–Crippen MR) is 95.4 cm³/mol. The summed E-state index contributed by atoms with van der Waals surface area (Å²) in [4.78, 5) is 37.2. The van der Waals surface area contributed by atoms with Gasteiger partial charge in [-0.2, -0.15) is 5.10 Å².